The molecule has 0 radical (unpaired) electrons. The van der Waals surface area contributed by atoms with E-state index in [2.05, 4.69) is 15.5 Å². The van der Waals surface area contributed by atoms with Crippen LogP contribution in [-0.4, -0.2) is 22.7 Å². The molecule has 7 heteroatoms. The molecule has 0 fully saturated rings. The Balaban J connectivity index is 1.69. The maximum atomic E-state index is 13.9. The molecule has 2 aromatic rings. The van der Waals surface area contributed by atoms with Crippen LogP contribution in [0, 0.1) is 5.82 Å². The summed E-state index contributed by atoms with van der Waals surface area (Å²) in [5.74, 6) is -0.546. The van der Waals surface area contributed by atoms with Crippen molar-refractivity contribution in [3.63, 3.8) is 0 Å². The van der Waals surface area contributed by atoms with Gasteiger partial charge in [0.15, 0.2) is 5.82 Å². The summed E-state index contributed by atoms with van der Waals surface area (Å²) in [6.07, 6.45) is 0.903. The van der Waals surface area contributed by atoms with Gasteiger partial charge >= 0.3 is 0 Å². The van der Waals surface area contributed by atoms with Crippen LogP contribution >= 0.6 is 11.6 Å². The number of carbonyl (C=O) groups excluding carboxylic acids is 1. The number of halogens is 2. The first-order valence-electron chi connectivity index (χ1n) is 6.54. The highest BCUT2D eigenvalue weighted by molar-refractivity contribution is 6.31. The molecular weight excluding hydrogens is 309 g/mol. The van der Waals surface area contributed by atoms with Crippen LogP contribution in [0.15, 0.2) is 47.8 Å². The normalized spacial score (nSPS) is 16.8. The van der Waals surface area contributed by atoms with E-state index in [0.29, 0.717) is 11.5 Å². The number of rotatable bonds is 3. The van der Waals surface area contributed by atoms with Gasteiger partial charge in [0.1, 0.15) is 5.82 Å². The number of aromatic nitrogens is 1. The lowest BCUT2D eigenvalue weighted by Crippen LogP contribution is -2.28. The van der Waals surface area contributed by atoms with Crippen molar-refractivity contribution in [2.24, 2.45) is 5.16 Å². The molecule has 1 N–H and O–H groups in total. The van der Waals surface area contributed by atoms with Gasteiger partial charge in [-0.2, -0.15) is 0 Å². The first-order chi connectivity index (χ1) is 10.6. The number of amides is 1. The van der Waals surface area contributed by atoms with Crippen LogP contribution in [0.5, 0.6) is 0 Å². The highest BCUT2D eigenvalue weighted by Gasteiger charge is 2.30. The number of nitrogens with one attached hydrogen (secondary N) is 1. The smallest absolute Gasteiger partial charge is 0.269 e. The van der Waals surface area contributed by atoms with Gasteiger partial charge in [-0.05, 0) is 24.3 Å². The monoisotopic (exact) mass is 319 g/mol. The predicted molar refractivity (Wildman–Crippen MR) is 80.3 cm³/mol. The number of carbonyl (C=O) groups is 1. The minimum Gasteiger partial charge on any atom is -0.382 e. The number of nitrogens with zero attached hydrogens (tertiary/aromatic N) is 2. The molecule has 1 aromatic carbocycles. The summed E-state index contributed by atoms with van der Waals surface area (Å²) in [4.78, 5) is 21.2. The van der Waals surface area contributed by atoms with Crippen LogP contribution in [0.2, 0.25) is 5.02 Å². The van der Waals surface area contributed by atoms with Crippen LogP contribution in [-0.2, 0) is 9.63 Å². The van der Waals surface area contributed by atoms with Gasteiger partial charge in [-0.1, -0.05) is 28.9 Å². The number of pyridine rings is 1. The van der Waals surface area contributed by atoms with E-state index in [1.54, 1.807) is 36.5 Å². The van der Waals surface area contributed by atoms with Crippen LogP contribution in [0.3, 0.4) is 0 Å². The first-order valence-corrected chi connectivity index (χ1v) is 6.92. The second-order valence-corrected chi connectivity index (χ2v) is 5.05. The molecule has 2 heterocycles. The average molecular weight is 320 g/mol. The van der Waals surface area contributed by atoms with Gasteiger partial charge < -0.3 is 10.2 Å². The lowest BCUT2D eigenvalue weighted by atomic mass is 10.0. The summed E-state index contributed by atoms with van der Waals surface area (Å²) in [6, 6.07) is 9.76. The zero-order valence-corrected chi connectivity index (χ0v) is 12.0. The average Bonchev–Trinajstić information content (AvgIpc) is 3.01. The summed E-state index contributed by atoms with van der Waals surface area (Å²) in [6.45, 7) is 0. The minimum atomic E-state index is -0.824. The maximum absolute atomic E-state index is 13.9. The van der Waals surface area contributed by atoms with Gasteiger partial charge in [-0.15, -0.1) is 0 Å². The van der Waals surface area contributed by atoms with Crippen molar-refractivity contribution >= 4 is 29.0 Å². The van der Waals surface area contributed by atoms with Crippen molar-refractivity contribution < 1.29 is 14.0 Å². The third-order valence-electron chi connectivity index (χ3n) is 3.14. The molecule has 5 nitrogen and oxygen atoms in total. The Labute approximate surface area is 130 Å². The fourth-order valence-electron chi connectivity index (χ4n) is 2.05. The Hall–Kier alpha value is -2.47. The second-order valence-electron chi connectivity index (χ2n) is 4.64. The molecule has 0 saturated carbocycles. The Morgan fingerprint density at radius 2 is 2.18 bits per heavy atom. The minimum absolute atomic E-state index is 0.00147. The largest absolute Gasteiger partial charge is 0.382 e. The number of oxime groups is 1. The number of hydrogen-bond acceptors (Lipinski definition) is 4. The molecule has 0 aliphatic carbocycles. The van der Waals surface area contributed by atoms with Crippen molar-refractivity contribution in [3.05, 3.63) is 59.0 Å². The molecule has 1 atom stereocenters. The Morgan fingerprint density at radius 1 is 1.32 bits per heavy atom. The summed E-state index contributed by atoms with van der Waals surface area (Å²) in [7, 11) is 0. The first kappa shape index (κ1) is 14.5. The molecule has 1 aliphatic heterocycles. The van der Waals surface area contributed by atoms with Crippen LogP contribution in [0.4, 0.5) is 10.2 Å². The van der Waals surface area contributed by atoms with E-state index in [4.69, 9.17) is 16.4 Å². The molecule has 22 heavy (non-hydrogen) atoms. The fraction of sp³-hybridized carbons (Fsp3) is 0.133. The van der Waals surface area contributed by atoms with Gasteiger partial charge in [0, 0.05) is 18.2 Å². The number of benzene rings is 1. The second kappa shape index (κ2) is 6.11. The number of hydrogen-bond donors (Lipinski definition) is 1. The van der Waals surface area contributed by atoms with Crippen LogP contribution < -0.4 is 5.32 Å². The quantitative estimate of drug-likeness (QED) is 0.946. The molecule has 1 amide bonds. The van der Waals surface area contributed by atoms with Crippen LogP contribution in [0.25, 0.3) is 0 Å². The van der Waals surface area contributed by atoms with Crippen molar-refractivity contribution in [2.45, 2.75) is 12.5 Å². The highest BCUT2D eigenvalue weighted by atomic mass is 35.5. The van der Waals surface area contributed by atoms with Crippen LogP contribution in [0.1, 0.15) is 12.0 Å². The molecular formula is C15H11ClFN3O2. The SMILES string of the molecule is O=C(Nc1ccccn1)C1CC(c2cccc(Cl)c2F)=NO1. The lowest BCUT2D eigenvalue weighted by Gasteiger charge is -2.08. The molecule has 1 aromatic heterocycles. The summed E-state index contributed by atoms with van der Waals surface area (Å²) in [5.41, 5.74) is 0.585. The Bertz CT molecular complexity index is 737. The van der Waals surface area contributed by atoms with Crippen molar-refractivity contribution in [1.82, 2.24) is 4.98 Å². The lowest BCUT2D eigenvalue weighted by molar-refractivity contribution is -0.125. The molecule has 112 valence electrons. The molecule has 3 rings (SSSR count). The van der Waals surface area contributed by atoms with E-state index in [-0.39, 0.29) is 22.9 Å². The van der Waals surface area contributed by atoms with E-state index in [9.17, 15) is 9.18 Å². The van der Waals surface area contributed by atoms with Gasteiger partial charge in [0.2, 0.25) is 6.10 Å². The summed E-state index contributed by atoms with van der Waals surface area (Å²) in [5, 5.41) is 6.40. The molecule has 0 bridgehead atoms. The fourth-order valence-corrected chi connectivity index (χ4v) is 2.22. The third-order valence-corrected chi connectivity index (χ3v) is 3.43. The third kappa shape index (κ3) is 2.92. The number of anilines is 1. The molecule has 0 spiro atoms. The zero-order chi connectivity index (χ0) is 15.5. The van der Waals surface area contributed by atoms with Gasteiger partial charge in [0.05, 0.1) is 10.7 Å². The van der Waals surface area contributed by atoms with Crippen molar-refractivity contribution in [2.75, 3.05) is 5.32 Å². The maximum Gasteiger partial charge on any atom is 0.269 e. The van der Waals surface area contributed by atoms with Crippen molar-refractivity contribution in [1.29, 1.82) is 0 Å². The van der Waals surface area contributed by atoms with E-state index < -0.39 is 11.9 Å². The van der Waals surface area contributed by atoms with E-state index >= 15 is 0 Å². The standard InChI is InChI=1S/C15H11ClFN3O2/c16-10-5-3-4-9(14(10)17)11-8-12(22-20-11)15(21)19-13-6-1-2-7-18-13/h1-7,12H,8H2,(H,18,19,21). The molecule has 0 saturated heterocycles. The van der Waals surface area contributed by atoms with Gasteiger partial charge in [-0.3, -0.25) is 4.79 Å². The van der Waals surface area contributed by atoms with E-state index in [0.717, 1.165) is 0 Å². The Morgan fingerprint density at radius 3 is 2.95 bits per heavy atom. The van der Waals surface area contributed by atoms with Crippen molar-refractivity contribution in [3.8, 4) is 0 Å². The van der Waals surface area contributed by atoms with E-state index in [1.807, 2.05) is 0 Å². The predicted octanol–water partition coefficient (Wildman–Crippen LogP) is 3.01. The summed E-state index contributed by atoms with van der Waals surface area (Å²) >= 11 is 5.74. The Kier molecular flexibility index (Phi) is 4.02. The van der Waals surface area contributed by atoms with E-state index in [1.165, 1.54) is 6.07 Å². The molecule has 1 aliphatic rings. The van der Waals surface area contributed by atoms with Gasteiger partial charge in [-0.25, -0.2) is 9.37 Å². The highest BCUT2D eigenvalue weighted by Crippen LogP contribution is 2.24. The summed E-state index contributed by atoms with van der Waals surface area (Å²) < 4.78 is 13.9. The van der Waals surface area contributed by atoms with Gasteiger partial charge in [0.25, 0.3) is 5.91 Å². The topological polar surface area (TPSA) is 63.6 Å². The molecule has 1 unspecified atom stereocenters. The zero-order valence-electron chi connectivity index (χ0n) is 11.3.